The summed E-state index contributed by atoms with van der Waals surface area (Å²) in [5.74, 6) is -1.31. The third-order valence-corrected chi connectivity index (χ3v) is 6.90. The van der Waals surface area contributed by atoms with E-state index in [2.05, 4.69) is 4.74 Å². The van der Waals surface area contributed by atoms with Crippen molar-refractivity contribution in [2.45, 2.75) is 20.0 Å². The Balaban J connectivity index is 1.59. The fourth-order valence-electron chi connectivity index (χ4n) is 3.40. The van der Waals surface area contributed by atoms with Crippen molar-refractivity contribution >= 4 is 33.5 Å². The van der Waals surface area contributed by atoms with Gasteiger partial charge in [0.1, 0.15) is 0 Å². The second kappa shape index (κ2) is 10.6. The van der Waals surface area contributed by atoms with Crippen LogP contribution in [0.25, 0.3) is 6.08 Å². The number of ether oxygens (including phenoxy) is 3. The van der Waals surface area contributed by atoms with E-state index in [4.69, 9.17) is 9.47 Å². The maximum atomic E-state index is 12.4. The van der Waals surface area contributed by atoms with Gasteiger partial charge in [-0.15, -0.1) is 0 Å². The zero-order chi connectivity index (χ0) is 24.9. The molecule has 1 aliphatic heterocycles. The minimum absolute atomic E-state index is 0.0169. The van der Waals surface area contributed by atoms with Crippen LogP contribution in [0.4, 0.5) is 14.5 Å². The molecule has 0 fully saturated rings. The number of hydrogen-bond donors (Lipinski definition) is 0. The van der Waals surface area contributed by atoms with Crippen LogP contribution in [0.3, 0.4) is 0 Å². The van der Waals surface area contributed by atoms with E-state index in [0.29, 0.717) is 29.8 Å². The summed E-state index contributed by atoms with van der Waals surface area (Å²) in [5, 5.41) is 0. The predicted molar refractivity (Wildman–Crippen MR) is 121 cm³/mol. The van der Waals surface area contributed by atoms with Crippen molar-refractivity contribution in [3.05, 3.63) is 59.2 Å². The highest BCUT2D eigenvalue weighted by Gasteiger charge is 2.28. The number of hydrogen-bond acceptors (Lipinski definition) is 7. The van der Waals surface area contributed by atoms with Gasteiger partial charge in [-0.25, -0.2) is 13.2 Å². The van der Waals surface area contributed by atoms with Crippen molar-refractivity contribution in [1.29, 1.82) is 0 Å². The molecule has 11 heteroatoms. The Hall–Kier alpha value is -3.47. The molecule has 182 valence electrons. The predicted octanol–water partition coefficient (Wildman–Crippen LogP) is 3.45. The number of esters is 1. The zero-order valence-electron chi connectivity index (χ0n) is 18.5. The van der Waals surface area contributed by atoms with Gasteiger partial charge in [-0.3, -0.25) is 9.10 Å². The summed E-state index contributed by atoms with van der Waals surface area (Å²) < 4.78 is 64.8. The normalized spacial score (nSPS) is 13.3. The molecule has 0 bridgehead atoms. The van der Waals surface area contributed by atoms with E-state index >= 15 is 0 Å². The molecule has 0 unspecified atom stereocenters. The summed E-state index contributed by atoms with van der Waals surface area (Å²) in [6.07, 6.45) is 2.95. The number of halogens is 2. The Labute approximate surface area is 195 Å². The van der Waals surface area contributed by atoms with Gasteiger partial charge in [0.05, 0.1) is 18.6 Å². The van der Waals surface area contributed by atoms with Crippen LogP contribution in [0.1, 0.15) is 28.4 Å². The van der Waals surface area contributed by atoms with Crippen molar-refractivity contribution in [1.82, 2.24) is 0 Å². The number of methoxy groups -OCH3 is 1. The number of fused-ring (bicyclic) bond motifs is 1. The highest BCUT2D eigenvalue weighted by Crippen LogP contribution is 2.32. The van der Waals surface area contributed by atoms with Crippen LogP contribution in [0.2, 0.25) is 0 Å². The van der Waals surface area contributed by atoms with Gasteiger partial charge in [-0.2, -0.15) is 8.78 Å². The second-order valence-electron chi connectivity index (χ2n) is 7.22. The number of sulfonamides is 1. The Morgan fingerprint density at radius 3 is 2.59 bits per heavy atom. The topological polar surface area (TPSA) is 99.2 Å². The Morgan fingerprint density at radius 2 is 1.91 bits per heavy atom. The quantitative estimate of drug-likeness (QED) is 0.283. The number of carbonyl (C=O) groups is 2. The van der Waals surface area contributed by atoms with Gasteiger partial charge in [-0.1, -0.05) is 6.07 Å². The van der Waals surface area contributed by atoms with Gasteiger partial charge in [0, 0.05) is 18.2 Å². The minimum Gasteiger partial charge on any atom is -0.493 e. The number of nitrogens with zero attached hydrogens (tertiary/aromatic N) is 1. The lowest BCUT2D eigenvalue weighted by Crippen LogP contribution is -2.30. The molecule has 0 N–H and O–H groups in total. The zero-order valence-corrected chi connectivity index (χ0v) is 19.3. The standard InChI is InChI=1S/C23H23F2NO7S/c1-3-34(29,30)26-11-10-16-13-17(6-7-18(16)26)19(27)14-32-22(28)9-5-15-4-8-20(33-23(24)25)21(12-15)31-2/h4-9,12-13,23H,3,10-11,14H2,1-2H3/b9-5+. The van der Waals surface area contributed by atoms with Crippen LogP contribution in [0.5, 0.6) is 11.5 Å². The van der Waals surface area contributed by atoms with E-state index in [9.17, 15) is 26.8 Å². The molecule has 0 aromatic heterocycles. The third-order valence-electron chi connectivity index (χ3n) is 5.12. The number of carbonyl (C=O) groups excluding carboxylic acids is 2. The molecule has 34 heavy (non-hydrogen) atoms. The SMILES string of the molecule is CCS(=O)(=O)N1CCc2cc(C(=O)COC(=O)/C=C/c3ccc(OC(F)F)c(OC)c3)ccc21. The molecule has 0 aliphatic carbocycles. The third kappa shape index (κ3) is 5.90. The molecular formula is C23H23F2NO7S. The smallest absolute Gasteiger partial charge is 0.387 e. The van der Waals surface area contributed by atoms with Gasteiger partial charge < -0.3 is 14.2 Å². The van der Waals surface area contributed by atoms with Crippen molar-refractivity contribution in [3.8, 4) is 11.5 Å². The second-order valence-corrected chi connectivity index (χ2v) is 9.40. The van der Waals surface area contributed by atoms with E-state index in [1.165, 1.54) is 41.8 Å². The first-order valence-corrected chi connectivity index (χ1v) is 11.9. The monoisotopic (exact) mass is 495 g/mol. The first-order valence-electron chi connectivity index (χ1n) is 10.3. The number of ketones is 1. The van der Waals surface area contributed by atoms with Crippen molar-refractivity contribution in [2.24, 2.45) is 0 Å². The molecule has 0 saturated heterocycles. The van der Waals surface area contributed by atoms with Crippen LogP contribution >= 0.6 is 0 Å². The Bertz CT molecular complexity index is 1210. The van der Waals surface area contributed by atoms with Crippen LogP contribution in [-0.4, -0.2) is 52.8 Å². The van der Waals surface area contributed by atoms with Crippen molar-refractivity contribution in [3.63, 3.8) is 0 Å². The van der Waals surface area contributed by atoms with Crippen LogP contribution in [-0.2, 0) is 26.0 Å². The molecule has 2 aromatic carbocycles. The largest absolute Gasteiger partial charge is 0.493 e. The van der Waals surface area contributed by atoms with Crippen LogP contribution in [0, 0.1) is 0 Å². The average molecular weight is 496 g/mol. The number of anilines is 1. The number of benzene rings is 2. The lowest BCUT2D eigenvalue weighted by atomic mass is 10.1. The van der Waals surface area contributed by atoms with E-state index in [0.717, 1.165) is 11.6 Å². The summed E-state index contributed by atoms with van der Waals surface area (Å²) in [6, 6.07) is 8.83. The molecule has 0 spiro atoms. The molecule has 3 rings (SSSR count). The summed E-state index contributed by atoms with van der Waals surface area (Å²) in [6.45, 7) is -1.61. The molecule has 0 atom stereocenters. The molecular weight excluding hydrogens is 472 g/mol. The minimum atomic E-state index is -3.38. The molecule has 1 aliphatic rings. The molecule has 2 aromatic rings. The molecule has 1 heterocycles. The molecule has 0 radical (unpaired) electrons. The van der Waals surface area contributed by atoms with E-state index < -0.39 is 35.0 Å². The fraction of sp³-hybridized carbons (Fsp3) is 0.304. The molecule has 8 nitrogen and oxygen atoms in total. The van der Waals surface area contributed by atoms with E-state index in [1.807, 2.05) is 0 Å². The van der Waals surface area contributed by atoms with Gasteiger partial charge in [-0.05, 0) is 60.9 Å². The van der Waals surface area contributed by atoms with Crippen molar-refractivity contribution < 1.29 is 41.0 Å². The van der Waals surface area contributed by atoms with Crippen LogP contribution in [0.15, 0.2) is 42.5 Å². The lowest BCUT2D eigenvalue weighted by molar-refractivity contribution is -0.136. The highest BCUT2D eigenvalue weighted by atomic mass is 32.2. The van der Waals surface area contributed by atoms with Gasteiger partial charge in [0.15, 0.2) is 23.9 Å². The number of rotatable bonds is 10. The summed E-state index contributed by atoms with van der Waals surface area (Å²) in [7, 11) is -2.09. The maximum Gasteiger partial charge on any atom is 0.387 e. The Morgan fingerprint density at radius 1 is 1.15 bits per heavy atom. The first kappa shape index (κ1) is 25.2. The molecule has 0 saturated carbocycles. The Kier molecular flexibility index (Phi) is 7.87. The van der Waals surface area contributed by atoms with Gasteiger partial charge >= 0.3 is 12.6 Å². The summed E-state index contributed by atoms with van der Waals surface area (Å²) in [5.41, 5.74) is 2.07. The van der Waals surface area contributed by atoms with E-state index in [-0.39, 0.29) is 17.3 Å². The summed E-state index contributed by atoms with van der Waals surface area (Å²) in [4.78, 5) is 24.4. The molecule has 0 amide bonds. The van der Waals surface area contributed by atoms with Crippen molar-refractivity contribution in [2.75, 3.05) is 30.3 Å². The number of alkyl halides is 2. The van der Waals surface area contributed by atoms with Gasteiger partial charge in [0.25, 0.3) is 0 Å². The highest BCUT2D eigenvalue weighted by molar-refractivity contribution is 7.92. The fourth-order valence-corrected chi connectivity index (χ4v) is 4.56. The van der Waals surface area contributed by atoms with Crippen LogP contribution < -0.4 is 13.8 Å². The van der Waals surface area contributed by atoms with E-state index in [1.54, 1.807) is 19.1 Å². The lowest BCUT2D eigenvalue weighted by Gasteiger charge is -2.18. The maximum absolute atomic E-state index is 12.4. The average Bonchev–Trinajstić information content (AvgIpc) is 3.25. The van der Waals surface area contributed by atoms with Gasteiger partial charge in [0.2, 0.25) is 10.0 Å². The first-order chi connectivity index (χ1) is 16.1. The number of Topliss-reactive ketones (excluding diaryl/α,β-unsaturated/α-hetero) is 1. The summed E-state index contributed by atoms with van der Waals surface area (Å²) >= 11 is 0.